The van der Waals surface area contributed by atoms with Gasteiger partial charge < -0.3 is 11.1 Å². The average Bonchev–Trinajstić information content (AvgIpc) is 2.49. The van der Waals surface area contributed by atoms with Crippen LogP contribution in [0.2, 0.25) is 0 Å². The number of amides is 1. The smallest absolute Gasteiger partial charge is 0.224 e. The number of halogens is 1. The van der Waals surface area contributed by atoms with Crippen LogP contribution in [-0.2, 0) is 4.79 Å². The molecule has 0 radical (unpaired) electrons. The number of nitrogens with two attached hydrogens (primary N) is 1. The Balaban J connectivity index is 1.86. The van der Waals surface area contributed by atoms with Crippen LogP contribution in [0.5, 0.6) is 0 Å². The number of anilines is 1. The highest BCUT2D eigenvalue weighted by Crippen LogP contribution is 2.19. The van der Waals surface area contributed by atoms with Crippen LogP contribution >= 0.6 is 22.6 Å². The highest BCUT2D eigenvalue weighted by atomic mass is 127. The molecule has 0 aromatic heterocycles. The number of hydrogen-bond donors (Lipinski definition) is 2. The Morgan fingerprint density at radius 3 is 2.62 bits per heavy atom. The van der Waals surface area contributed by atoms with E-state index in [1.54, 1.807) is 0 Å². The van der Waals surface area contributed by atoms with Gasteiger partial charge in [-0.2, -0.15) is 0 Å². The molecule has 4 heteroatoms. The molecule has 0 aliphatic rings. The van der Waals surface area contributed by atoms with Gasteiger partial charge in [-0.05, 0) is 59.2 Å². The van der Waals surface area contributed by atoms with E-state index in [0.717, 1.165) is 14.8 Å². The lowest BCUT2D eigenvalue weighted by Crippen LogP contribution is -2.16. The van der Waals surface area contributed by atoms with Crippen molar-refractivity contribution in [2.24, 2.45) is 5.73 Å². The van der Waals surface area contributed by atoms with Crippen molar-refractivity contribution in [3.63, 3.8) is 0 Å². The van der Waals surface area contributed by atoms with E-state index in [9.17, 15) is 4.79 Å². The minimum absolute atomic E-state index is 0.000958. The van der Waals surface area contributed by atoms with Gasteiger partial charge in [-0.15, -0.1) is 0 Å². The van der Waals surface area contributed by atoms with Crippen molar-refractivity contribution in [1.29, 1.82) is 0 Å². The molecule has 3 N–H and O–H groups in total. The molecule has 2 rings (SSSR count). The first kappa shape index (κ1) is 16.0. The van der Waals surface area contributed by atoms with Crippen molar-refractivity contribution >= 4 is 34.2 Å². The van der Waals surface area contributed by atoms with E-state index < -0.39 is 0 Å². The first-order valence-corrected chi connectivity index (χ1v) is 8.00. The predicted molar refractivity (Wildman–Crippen MR) is 95.1 cm³/mol. The fourth-order valence-electron chi connectivity index (χ4n) is 2.05. The van der Waals surface area contributed by atoms with Crippen molar-refractivity contribution in [2.45, 2.75) is 25.8 Å². The van der Waals surface area contributed by atoms with Gasteiger partial charge in [0.15, 0.2) is 0 Å². The van der Waals surface area contributed by atoms with Crippen LogP contribution in [0.25, 0.3) is 0 Å². The number of aryl methyl sites for hydroxylation is 1. The third-order valence-electron chi connectivity index (χ3n) is 3.37. The van der Waals surface area contributed by atoms with Crippen molar-refractivity contribution in [3.8, 4) is 0 Å². The molecule has 110 valence electrons. The van der Waals surface area contributed by atoms with E-state index in [1.807, 2.05) is 55.5 Å². The number of carbonyl (C=O) groups excluding carboxylic acids is 1. The minimum Gasteiger partial charge on any atom is -0.326 e. The Hall–Kier alpha value is -1.40. The molecule has 0 spiro atoms. The normalized spacial score (nSPS) is 12.0. The predicted octanol–water partition coefficient (Wildman–Crippen LogP) is 4.02. The fraction of sp³-hybridized carbons (Fsp3) is 0.235. The van der Waals surface area contributed by atoms with Gasteiger partial charge in [-0.25, -0.2) is 0 Å². The highest BCUT2D eigenvalue weighted by molar-refractivity contribution is 14.1. The van der Waals surface area contributed by atoms with Gasteiger partial charge in [-0.1, -0.05) is 36.4 Å². The lowest BCUT2D eigenvalue weighted by Gasteiger charge is -2.12. The third-order valence-corrected chi connectivity index (χ3v) is 4.53. The van der Waals surface area contributed by atoms with E-state index in [0.29, 0.717) is 12.8 Å². The van der Waals surface area contributed by atoms with Gasteiger partial charge >= 0.3 is 0 Å². The molecule has 2 aromatic carbocycles. The summed E-state index contributed by atoms with van der Waals surface area (Å²) < 4.78 is 1.14. The lowest BCUT2D eigenvalue weighted by atomic mass is 10.0. The first-order chi connectivity index (χ1) is 10.1. The van der Waals surface area contributed by atoms with Crippen molar-refractivity contribution in [1.82, 2.24) is 0 Å². The number of benzene rings is 2. The molecule has 0 saturated heterocycles. The molecule has 0 fully saturated rings. The van der Waals surface area contributed by atoms with E-state index >= 15 is 0 Å². The number of hydrogen-bond acceptors (Lipinski definition) is 2. The summed E-state index contributed by atoms with van der Waals surface area (Å²) >= 11 is 2.27. The molecule has 2 aromatic rings. The molecule has 1 atom stereocenters. The molecule has 1 amide bonds. The zero-order valence-electron chi connectivity index (χ0n) is 12.0. The van der Waals surface area contributed by atoms with E-state index in [2.05, 4.69) is 27.9 Å². The number of carbonyl (C=O) groups is 1. The molecule has 0 bridgehead atoms. The van der Waals surface area contributed by atoms with Crippen LogP contribution in [0.1, 0.15) is 30.0 Å². The first-order valence-electron chi connectivity index (χ1n) is 6.93. The maximum absolute atomic E-state index is 12.0. The summed E-state index contributed by atoms with van der Waals surface area (Å²) in [5.74, 6) is 0.000958. The van der Waals surface area contributed by atoms with Gasteiger partial charge in [0.05, 0.1) is 0 Å². The quantitative estimate of drug-likeness (QED) is 0.753. The van der Waals surface area contributed by atoms with Crippen molar-refractivity contribution in [3.05, 3.63) is 63.2 Å². The average molecular weight is 394 g/mol. The highest BCUT2D eigenvalue weighted by Gasteiger charge is 2.09. The zero-order valence-corrected chi connectivity index (χ0v) is 14.1. The Morgan fingerprint density at radius 2 is 1.95 bits per heavy atom. The minimum atomic E-state index is -0.102. The maximum atomic E-state index is 12.0. The molecule has 3 nitrogen and oxygen atoms in total. The maximum Gasteiger partial charge on any atom is 0.224 e. The summed E-state index contributed by atoms with van der Waals surface area (Å²) in [5.41, 5.74) is 9.21. The zero-order chi connectivity index (χ0) is 15.2. The Kier molecular flexibility index (Phi) is 5.76. The summed E-state index contributed by atoms with van der Waals surface area (Å²) in [7, 11) is 0. The number of nitrogens with one attached hydrogen (secondary N) is 1. The van der Waals surface area contributed by atoms with Crippen LogP contribution in [0.15, 0.2) is 48.5 Å². The fourth-order valence-corrected chi connectivity index (χ4v) is 2.56. The topological polar surface area (TPSA) is 55.1 Å². The monoisotopic (exact) mass is 394 g/mol. The second kappa shape index (κ2) is 7.56. The second-order valence-electron chi connectivity index (χ2n) is 5.07. The summed E-state index contributed by atoms with van der Waals surface area (Å²) in [6, 6.07) is 15.7. The summed E-state index contributed by atoms with van der Waals surface area (Å²) in [6.07, 6.45) is 1.05. The second-order valence-corrected chi connectivity index (χ2v) is 6.23. The van der Waals surface area contributed by atoms with Crippen LogP contribution in [0, 0.1) is 10.5 Å². The van der Waals surface area contributed by atoms with Crippen LogP contribution in [-0.4, -0.2) is 5.91 Å². The molecular formula is C17H19IN2O. The van der Waals surface area contributed by atoms with Gasteiger partial charge in [0.2, 0.25) is 5.91 Å². The molecule has 0 saturated carbocycles. The van der Waals surface area contributed by atoms with Crippen LogP contribution in [0.4, 0.5) is 5.69 Å². The number of rotatable bonds is 5. The van der Waals surface area contributed by atoms with E-state index in [4.69, 9.17) is 5.73 Å². The largest absolute Gasteiger partial charge is 0.326 e. The molecule has 0 aliphatic carbocycles. The Labute approximate surface area is 139 Å². The molecular weight excluding hydrogens is 375 g/mol. The van der Waals surface area contributed by atoms with Crippen LogP contribution in [0.3, 0.4) is 0 Å². The van der Waals surface area contributed by atoms with E-state index in [1.165, 1.54) is 5.56 Å². The van der Waals surface area contributed by atoms with Gasteiger partial charge in [0.25, 0.3) is 0 Å². The molecule has 0 heterocycles. The Bertz CT molecular complexity index is 613. The van der Waals surface area contributed by atoms with Gasteiger partial charge in [0.1, 0.15) is 0 Å². The summed E-state index contributed by atoms with van der Waals surface area (Å²) in [4.78, 5) is 12.0. The SMILES string of the molecule is Cc1ccc(NC(=O)CCC(N)c2ccccc2)cc1I. The van der Waals surface area contributed by atoms with Crippen LogP contribution < -0.4 is 11.1 Å². The Morgan fingerprint density at radius 1 is 1.24 bits per heavy atom. The summed E-state index contributed by atoms with van der Waals surface area (Å²) in [5, 5.41) is 2.92. The lowest BCUT2D eigenvalue weighted by molar-refractivity contribution is -0.116. The van der Waals surface area contributed by atoms with Crippen molar-refractivity contribution in [2.75, 3.05) is 5.32 Å². The summed E-state index contributed by atoms with van der Waals surface area (Å²) in [6.45, 7) is 2.05. The third kappa shape index (κ3) is 4.82. The van der Waals surface area contributed by atoms with Gasteiger partial charge in [0, 0.05) is 21.7 Å². The van der Waals surface area contributed by atoms with Gasteiger partial charge in [-0.3, -0.25) is 4.79 Å². The molecule has 1 unspecified atom stereocenters. The molecule has 21 heavy (non-hydrogen) atoms. The molecule has 0 aliphatic heterocycles. The standard InChI is InChI=1S/C17H19IN2O/c1-12-7-8-14(11-15(12)18)20-17(21)10-9-16(19)13-5-3-2-4-6-13/h2-8,11,16H,9-10,19H2,1H3,(H,20,21). The van der Waals surface area contributed by atoms with Crippen molar-refractivity contribution < 1.29 is 4.79 Å². The van der Waals surface area contributed by atoms with E-state index in [-0.39, 0.29) is 11.9 Å².